The Morgan fingerprint density at radius 3 is 2.35 bits per heavy atom. The molecular formula is C18H32N2. The highest BCUT2D eigenvalue weighted by Gasteiger charge is 2.09. The van der Waals surface area contributed by atoms with Crippen LogP contribution in [0.5, 0.6) is 0 Å². The van der Waals surface area contributed by atoms with Gasteiger partial charge in [0.25, 0.3) is 0 Å². The molecule has 0 aliphatic carbocycles. The van der Waals surface area contributed by atoms with Crippen molar-refractivity contribution in [3.05, 3.63) is 35.4 Å². The normalized spacial score (nSPS) is 12.4. The van der Waals surface area contributed by atoms with Crippen LogP contribution in [-0.2, 0) is 13.1 Å². The van der Waals surface area contributed by atoms with Crippen molar-refractivity contribution in [1.82, 2.24) is 10.2 Å². The predicted octanol–water partition coefficient (Wildman–Crippen LogP) is 4.05. The first-order valence-electron chi connectivity index (χ1n) is 7.85. The van der Waals surface area contributed by atoms with Gasteiger partial charge in [0.2, 0.25) is 0 Å². The molecule has 0 spiro atoms. The van der Waals surface area contributed by atoms with Crippen molar-refractivity contribution in [3.8, 4) is 0 Å². The van der Waals surface area contributed by atoms with E-state index in [0.717, 1.165) is 25.6 Å². The average molecular weight is 276 g/mol. The molecule has 1 aromatic carbocycles. The monoisotopic (exact) mass is 276 g/mol. The molecule has 1 N–H and O–H groups in total. The molecule has 114 valence electrons. The van der Waals surface area contributed by atoms with E-state index in [-0.39, 0.29) is 5.54 Å². The maximum absolute atomic E-state index is 3.55. The molecule has 2 heteroatoms. The van der Waals surface area contributed by atoms with Crippen LogP contribution in [0.2, 0.25) is 0 Å². The zero-order valence-electron chi connectivity index (χ0n) is 14.2. The Morgan fingerprint density at radius 2 is 1.80 bits per heavy atom. The molecule has 0 amide bonds. The molecule has 0 bridgehead atoms. The van der Waals surface area contributed by atoms with Crippen LogP contribution in [0.3, 0.4) is 0 Å². The highest BCUT2D eigenvalue weighted by Crippen LogP contribution is 2.11. The smallest absolute Gasteiger partial charge is 0.0233 e. The number of nitrogens with one attached hydrogen (secondary N) is 1. The van der Waals surface area contributed by atoms with Gasteiger partial charge in [-0.25, -0.2) is 0 Å². The Morgan fingerprint density at radius 1 is 1.15 bits per heavy atom. The Balaban J connectivity index is 2.62. The third-order valence-corrected chi connectivity index (χ3v) is 3.29. The number of benzene rings is 1. The molecule has 0 aliphatic heterocycles. The van der Waals surface area contributed by atoms with Gasteiger partial charge in [0.1, 0.15) is 0 Å². The Bertz CT molecular complexity index is 391. The zero-order valence-corrected chi connectivity index (χ0v) is 14.2. The molecule has 0 atom stereocenters. The summed E-state index contributed by atoms with van der Waals surface area (Å²) >= 11 is 0. The van der Waals surface area contributed by atoms with E-state index in [0.29, 0.717) is 0 Å². The minimum Gasteiger partial charge on any atom is -0.308 e. The van der Waals surface area contributed by atoms with E-state index in [4.69, 9.17) is 0 Å². The average Bonchev–Trinajstić information content (AvgIpc) is 2.35. The van der Waals surface area contributed by atoms with Crippen LogP contribution < -0.4 is 5.32 Å². The van der Waals surface area contributed by atoms with Crippen molar-refractivity contribution in [2.45, 2.75) is 60.2 Å². The van der Waals surface area contributed by atoms with Crippen LogP contribution in [0.15, 0.2) is 24.3 Å². The third-order valence-electron chi connectivity index (χ3n) is 3.29. The fourth-order valence-corrected chi connectivity index (χ4v) is 2.29. The highest BCUT2D eigenvalue weighted by atomic mass is 15.1. The minimum absolute atomic E-state index is 0.170. The summed E-state index contributed by atoms with van der Waals surface area (Å²) in [5, 5.41) is 3.55. The molecule has 0 fully saturated rings. The van der Waals surface area contributed by atoms with Crippen LogP contribution in [-0.4, -0.2) is 23.5 Å². The van der Waals surface area contributed by atoms with E-state index in [2.05, 4.69) is 76.0 Å². The molecule has 0 unspecified atom stereocenters. The molecule has 2 nitrogen and oxygen atoms in total. The summed E-state index contributed by atoms with van der Waals surface area (Å²) in [5.74, 6) is 0.723. The van der Waals surface area contributed by atoms with Gasteiger partial charge in [-0.15, -0.1) is 0 Å². The maximum Gasteiger partial charge on any atom is 0.0233 e. The minimum atomic E-state index is 0.170. The number of hydrogen-bond acceptors (Lipinski definition) is 2. The molecule has 0 aromatic heterocycles. The second-order valence-electron chi connectivity index (χ2n) is 7.15. The zero-order chi connectivity index (χ0) is 15.2. The summed E-state index contributed by atoms with van der Waals surface area (Å²) in [4.78, 5) is 2.51. The molecule has 0 heterocycles. The topological polar surface area (TPSA) is 15.3 Å². The Labute approximate surface area is 125 Å². The van der Waals surface area contributed by atoms with Crippen LogP contribution in [0.4, 0.5) is 0 Å². The lowest BCUT2D eigenvalue weighted by Gasteiger charge is -2.23. The molecule has 0 aliphatic rings. The molecule has 0 saturated carbocycles. The van der Waals surface area contributed by atoms with Gasteiger partial charge >= 0.3 is 0 Å². The second kappa shape index (κ2) is 7.80. The molecule has 1 rings (SSSR count). The number of nitrogens with zero attached hydrogens (tertiary/aromatic N) is 1. The van der Waals surface area contributed by atoms with Crippen LogP contribution in [0, 0.1) is 5.92 Å². The second-order valence-corrected chi connectivity index (χ2v) is 7.15. The van der Waals surface area contributed by atoms with Crippen molar-refractivity contribution >= 4 is 0 Å². The Kier molecular flexibility index (Phi) is 6.70. The summed E-state index contributed by atoms with van der Waals surface area (Å²) in [5.41, 5.74) is 2.96. The lowest BCUT2D eigenvalue weighted by molar-refractivity contribution is 0.248. The van der Waals surface area contributed by atoms with Gasteiger partial charge in [-0.1, -0.05) is 45.0 Å². The van der Waals surface area contributed by atoms with Crippen molar-refractivity contribution in [2.75, 3.05) is 13.1 Å². The fraction of sp³-hybridized carbons (Fsp3) is 0.667. The summed E-state index contributed by atoms with van der Waals surface area (Å²) in [6.45, 7) is 17.7. The van der Waals surface area contributed by atoms with Gasteiger partial charge in [0.05, 0.1) is 0 Å². The summed E-state index contributed by atoms with van der Waals surface area (Å²) in [6.07, 6.45) is 0. The lowest BCUT2D eigenvalue weighted by atomic mass is 10.1. The van der Waals surface area contributed by atoms with E-state index < -0.39 is 0 Å². The number of hydrogen-bond donors (Lipinski definition) is 1. The van der Waals surface area contributed by atoms with Gasteiger partial charge < -0.3 is 5.32 Å². The quantitative estimate of drug-likeness (QED) is 0.808. The van der Waals surface area contributed by atoms with E-state index in [1.165, 1.54) is 17.7 Å². The first kappa shape index (κ1) is 17.2. The molecule has 1 aromatic rings. The van der Waals surface area contributed by atoms with E-state index in [1.54, 1.807) is 0 Å². The van der Waals surface area contributed by atoms with Gasteiger partial charge in [0.15, 0.2) is 0 Å². The molecule has 0 saturated heterocycles. The number of rotatable bonds is 7. The van der Waals surface area contributed by atoms with E-state index in [1.807, 2.05) is 0 Å². The van der Waals surface area contributed by atoms with Gasteiger partial charge in [-0.2, -0.15) is 0 Å². The predicted molar refractivity (Wildman–Crippen MR) is 88.8 cm³/mol. The lowest BCUT2D eigenvalue weighted by Crippen LogP contribution is -2.35. The van der Waals surface area contributed by atoms with Gasteiger partial charge in [-0.3, -0.25) is 4.90 Å². The summed E-state index contributed by atoms with van der Waals surface area (Å²) < 4.78 is 0. The highest BCUT2D eigenvalue weighted by molar-refractivity contribution is 5.23. The molecule has 20 heavy (non-hydrogen) atoms. The Hall–Kier alpha value is -0.860. The van der Waals surface area contributed by atoms with Crippen molar-refractivity contribution in [3.63, 3.8) is 0 Å². The van der Waals surface area contributed by atoms with E-state index >= 15 is 0 Å². The van der Waals surface area contributed by atoms with Crippen molar-refractivity contribution in [1.29, 1.82) is 0 Å². The summed E-state index contributed by atoms with van der Waals surface area (Å²) in [7, 11) is 0. The largest absolute Gasteiger partial charge is 0.308 e. The van der Waals surface area contributed by atoms with Crippen LogP contribution in [0.25, 0.3) is 0 Å². The molecule has 0 radical (unpaired) electrons. The maximum atomic E-state index is 3.55. The third kappa shape index (κ3) is 7.06. The molecular weight excluding hydrogens is 244 g/mol. The standard InChI is InChI=1S/C18H32N2/c1-7-20(13-15(2)3)14-17-10-8-9-16(11-17)12-19-18(4,5)6/h8-11,15,19H,7,12-14H2,1-6H3. The van der Waals surface area contributed by atoms with Crippen molar-refractivity contribution in [2.24, 2.45) is 5.92 Å². The first-order valence-corrected chi connectivity index (χ1v) is 7.85. The SMILES string of the molecule is CCN(Cc1cccc(CNC(C)(C)C)c1)CC(C)C. The van der Waals surface area contributed by atoms with Crippen LogP contribution >= 0.6 is 0 Å². The fourth-order valence-electron chi connectivity index (χ4n) is 2.29. The van der Waals surface area contributed by atoms with Crippen LogP contribution in [0.1, 0.15) is 52.7 Å². The van der Waals surface area contributed by atoms with Gasteiger partial charge in [-0.05, 0) is 44.4 Å². The van der Waals surface area contributed by atoms with Gasteiger partial charge in [0, 0.05) is 25.2 Å². The summed E-state index contributed by atoms with van der Waals surface area (Å²) in [6, 6.07) is 8.96. The van der Waals surface area contributed by atoms with Crippen molar-refractivity contribution < 1.29 is 0 Å². The first-order chi connectivity index (χ1) is 9.30. The van der Waals surface area contributed by atoms with E-state index in [9.17, 15) is 0 Å².